The van der Waals surface area contributed by atoms with E-state index in [2.05, 4.69) is 247 Å². The molecule has 82 heavy (non-hydrogen) atoms. The summed E-state index contributed by atoms with van der Waals surface area (Å²) < 4.78 is 10.7. The Labute approximate surface area is 508 Å². The van der Waals surface area contributed by atoms with E-state index >= 15 is 0 Å². The average molecular weight is 1160 g/mol. The number of benzene rings is 6. The molecule has 0 N–H and O–H groups in total. The van der Waals surface area contributed by atoms with Gasteiger partial charge >= 0.3 is 25.1 Å². The lowest BCUT2D eigenvalue weighted by Crippen LogP contribution is -2.74. The Kier molecular flexibility index (Phi) is 15.9. The standard InChI is InChI=1S/2C34H38B2N2.2CH2Cl2/c2*1-7-35(8-2)27-15-11-13-25-31(27)33(29-21-23(5)17-19-37(29)35)26-14-12-16-28-32(26)34(25)30-22-24(6)18-20-38(30)36(28,9-3)10-4;2*2-1-3/h2*11-22H,7-10H2,1-6H3;2*1H2. The van der Waals surface area contributed by atoms with Crippen LogP contribution < -0.4 is 39.8 Å². The van der Waals surface area contributed by atoms with Crippen LogP contribution in [0.15, 0.2) is 146 Å². The fraction of sp³-hybridized carbons (Fsp3) is 0.314. The summed E-state index contributed by atoms with van der Waals surface area (Å²) >= 11 is 19.1. The molecule has 4 aliphatic rings. The van der Waals surface area contributed by atoms with Crippen molar-refractivity contribution in [1.82, 2.24) is 0 Å². The van der Waals surface area contributed by atoms with Crippen molar-refractivity contribution < 1.29 is 17.9 Å². The van der Waals surface area contributed by atoms with Crippen molar-refractivity contribution in [1.29, 1.82) is 0 Å². The van der Waals surface area contributed by atoms with Crippen molar-refractivity contribution in [2.75, 3.05) is 10.7 Å². The van der Waals surface area contributed by atoms with Gasteiger partial charge in [-0.25, -0.2) is 0 Å². The second kappa shape index (κ2) is 22.4. The van der Waals surface area contributed by atoms with Crippen molar-refractivity contribution in [2.45, 2.75) is 134 Å². The van der Waals surface area contributed by atoms with Crippen molar-refractivity contribution in [2.24, 2.45) is 0 Å². The number of pyridine rings is 4. The summed E-state index contributed by atoms with van der Waals surface area (Å²) in [4.78, 5) is 0. The third-order valence-electron chi connectivity index (χ3n) is 21.9. The largest absolute Gasteiger partial charge is 0.416 e. The van der Waals surface area contributed by atoms with Gasteiger partial charge in [0.05, 0.1) is 32.9 Å². The lowest BCUT2D eigenvalue weighted by molar-refractivity contribution is -0.534. The monoisotopic (exact) mass is 1160 g/mol. The van der Waals surface area contributed by atoms with Gasteiger partial charge in [0, 0.05) is 24.3 Å². The minimum absolute atomic E-state index is 0.194. The van der Waals surface area contributed by atoms with Gasteiger partial charge in [-0.1, -0.05) is 128 Å². The molecule has 10 aromatic rings. The molecule has 0 saturated carbocycles. The molecule has 0 amide bonds. The summed E-state index contributed by atoms with van der Waals surface area (Å²) in [6.07, 6.45) is 14.9. The molecule has 0 aliphatic carbocycles. The van der Waals surface area contributed by atoms with E-state index in [9.17, 15) is 0 Å². The van der Waals surface area contributed by atoms with Crippen molar-refractivity contribution in [3.63, 3.8) is 0 Å². The maximum atomic E-state index is 4.76. The molecule has 6 aromatic carbocycles. The second-order valence-corrected chi connectivity index (χ2v) is 26.4. The van der Waals surface area contributed by atoms with Crippen LogP contribution in [0.25, 0.3) is 88.1 Å². The first-order valence-electron chi connectivity index (χ1n) is 30.9. The summed E-state index contributed by atoms with van der Waals surface area (Å²) in [5, 5.41) is 12.0. The Morgan fingerprint density at radius 3 is 0.646 bits per heavy atom. The number of halogens is 4. The molecule has 420 valence electrons. The highest BCUT2D eigenvalue weighted by molar-refractivity contribution is 6.90. The van der Waals surface area contributed by atoms with E-state index in [4.69, 9.17) is 46.4 Å². The van der Waals surface area contributed by atoms with E-state index < -0.39 is 25.1 Å². The number of alkyl halides is 4. The van der Waals surface area contributed by atoms with Gasteiger partial charge in [-0.2, -0.15) is 0 Å². The molecule has 0 unspecified atom stereocenters. The first-order chi connectivity index (χ1) is 39.7. The number of nitrogens with zero attached hydrogens (tertiary/aromatic N) is 4. The molecule has 14 rings (SSSR count). The molecular weight excluding hydrogens is 1080 g/mol. The van der Waals surface area contributed by atoms with E-state index in [1.165, 1.54) is 110 Å². The predicted molar refractivity (Wildman–Crippen MR) is 365 cm³/mol. The van der Waals surface area contributed by atoms with E-state index in [-0.39, 0.29) is 10.7 Å². The number of fused-ring (bicyclic) bond motifs is 12. The maximum absolute atomic E-state index is 4.76. The Hall–Kier alpha value is -5.62. The molecule has 4 aliphatic heterocycles. The highest BCUT2D eigenvalue weighted by Crippen LogP contribution is 2.48. The molecule has 0 atom stereocenters. The number of hydrogen-bond donors (Lipinski definition) is 0. The molecule has 0 fully saturated rings. The predicted octanol–water partition coefficient (Wildman–Crippen LogP) is 16.1. The zero-order valence-corrected chi connectivity index (χ0v) is 53.6. The third-order valence-corrected chi connectivity index (χ3v) is 21.9. The van der Waals surface area contributed by atoms with E-state index in [0.29, 0.717) is 0 Å². The zero-order valence-electron chi connectivity index (χ0n) is 50.5. The first kappa shape index (κ1) is 58.2. The molecular formula is C70H80B4Cl4N4. The highest BCUT2D eigenvalue weighted by atomic mass is 35.5. The van der Waals surface area contributed by atoms with E-state index in [1.54, 1.807) is 21.9 Å². The van der Waals surface area contributed by atoms with Crippen LogP contribution in [0.2, 0.25) is 50.6 Å². The number of aromatic nitrogens is 4. The van der Waals surface area contributed by atoms with Crippen LogP contribution in [-0.4, -0.2) is 35.8 Å². The molecule has 0 radical (unpaired) electrons. The topological polar surface area (TPSA) is 15.5 Å². The van der Waals surface area contributed by atoms with Gasteiger partial charge < -0.3 is 17.9 Å². The van der Waals surface area contributed by atoms with Crippen LogP contribution in [0.4, 0.5) is 0 Å². The highest BCUT2D eigenvalue weighted by Gasteiger charge is 2.49. The minimum Gasteiger partial charge on any atom is -0.416 e. The van der Waals surface area contributed by atoms with Gasteiger partial charge in [0.15, 0.2) is 22.8 Å². The van der Waals surface area contributed by atoms with Crippen LogP contribution in [0.1, 0.15) is 77.6 Å². The summed E-state index contributed by atoms with van der Waals surface area (Å²) in [7, 11) is 0. The van der Waals surface area contributed by atoms with Crippen LogP contribution >= 0.6 is 46.4 Å². The van der Waals surface area contributed by atoms with E-state index in [1.807, 2.05) is 0 Å². The molecule has 4 nitrogen and oxygen atoms in total. The van der Waals surface area contributed by atoms with Gasteiger partial charge in [-0.3, -0.25) is 0 Å². The quantitative estimate of drug-likeness (QED) is 0.0819. The molecule has 0 bridgehead atoms. The van der Waals surface area contributed by atoms with Crippen LogP contribution in [-0.2, 0) is 0 Å². The zero-order chi connectivity index (χ0) is 58.2. The molecule has 0 spiro atoms. The molecule has 8 heterocycles. The lowest BCUT2D eigenvalue weighted by Gasteiger charge is -2.43. The first-order valence-corrected chi connectivity index (χ1v) is 33.0. The summed E-state index contributed by atoms with van der Waals surface area (Å²) in [6.45, 7) is 28.1. The summed E-state index contributed by atoms with van der Waals surface area (Å²) in [5.41, 5.74) is 22.9. The van der Waals surface area contributed by atoms with Gasteiger partial charge in [0.1, 0.15) is 24.8 Å². The van der Waals surface area contributed by atoms with Crippen molar-refractivity contribution >= 4 is 136 Å². The molecule has 0 saturated heterocycles. The normalized spacial score (nSPS) is 15.2. The van der Waals surface area contributed by atoms with Gasteiger partial charge in [-0.15, -0.1) is 119 Å². The third kappa shape index (κ3) is 8.10. The summed E-state index contributed by atoms with van der Waals surface area (Å²) in [5.74, 6) is 0. The van der Waals surface area contributed by atoms with Crippen molar-refractivity contribution in [3.8, 4) is 45.0 Å². The van der Waals surface area contributed by atoms with Gasteiger partial charge in [0.25, 0.3) is 0 Å². The SMILES string of the molecule is CC[B-]1(CC)c2cccc3c4c5c(cccc5c(c23)-c2cc(C)cc[n+]21)[B-](CC)(CC)[n+]1ccc(C)cc1-4.CC[B-]1(CC)c2cccc3c4c5c(cccc5c(c23)-c2cc(C)cc[n+]21)[B-](CC)(CC)[n+]1ccc(C)cc1-4.ClCCl.ClCCl. The number of rotatable bonds is 8. The Morgan fingerprint density at radius 2 is 0.476 bits per heavy atom. The minimum atomic E-state index is -0.916. The second-order valence-electron chi connectivity index (χ2n) is 24.8. The van der Waals surface area contributed by atoms with Crippen molar-refractivity contribution in [3.05, 3.63) is 168 Å². The number of aryl methyl sites for hydroxylation is 4. The van der Waals surface area contributed by atoms with Crippen LogP contribution in [0.3, 0.4) is 0 Å². The number of hydrogen-bond acceptors (Lipinski definition) is 0. The fourth-order valence-corrected chi connectivity index (χ4v) is 17.7. The van der Waals surface area contributed by atoms with Gasteiger partial charge in [-0.05, 0) is 117 Å². The van der Waals surface area contributed by atoms with E-state index in [0.717, 1.165) is 50.6 Å². The Balaban J connectivity index is 0.000000157. The fourth-order valence-electron chi connectivity index (χ4n) is 17.7. The lowest BCUT2D eigenvalue weighted by atomic mass is 9.25. The molecule has 12 heteroatoms. The molecule has 4 aromatic heterocycles. The maximum Gasteiger partial charge on any atom is 0.306 e. The summed E-state index contributed by atoms with van der Waals surface area (Å²) in [6, 6.07) is 47.8. The Morgan fingerprint density at radius 1 is 0.293 bits per heavy atom. The average Bonchev–Trinajstić information content (AvgIpc) is 2.75. The van der Waals surface area contributed by atoms with Crippen LogP contribution in [0.5, 0.6) is 0 Å². The Bertz CT molecular complexity index is 3650. The smallest absolute Gasteiger partial charge is 0.306 e. The van der Waals surface area contributed by atoms with Crippen LogP contribution in [0, 0.1) is 27.7 Å². The van der Waals surface area contributed by atoms with Gasteiger partial charge in [0.2, 0.25) is 0 Å².